The molecule has 110 valence electrons. The quantitative estimate of drug-likeness (QED) is 0.866. The third-order valence-electron chi connectivity index (χ3n) is 2.98. The van der Waals surface area contributed by atoms with E-state index in [4.69, 9.17) is 10.5 Å². The molecular formula is C15H16N2O4. The minimum absolute atomic E-state index is 0.116. The standard InChI is InChI=1S/C15H16N2O4/c1-17-8-12(16)7-13(17)15(19)21-9-10-3-5-11(6-4-10)14(18)20-2/h3-8H,9,16H2,1-2H3. The Kier molecular flexibility index (Phi) is 4.27. The fraction of sp³-hybridized carbons (Fsp3) is 0.200. The lowest BCUT2D eigenvalue weighted by Gasteiger charge is -2.06. The molecule has 0 unspecified atom stereocenters. The van der Waals surface area contributed by atoms with Crippen LogP contribution in [-0.4, -0.2) is 23.6 Å². The summed E-state index contributed by atoms with van der Waals surface area (Å²) in [5.41, 5.74) is 7.73. The Hall–Kier alpha value is -2.76. The van der Waals surface area contributed by atoms with Crippen LogP contribution < -0.4 is 5.73 Å². The highest BCUT2D eigenvalue weighted by Gasteiger charge is 2.12. The Bertz CT molecular complexity index is 659. The van der Waals surface area contributed by atoms with E-state index in [1.54, 1.807) is 48.1 Å². The first-order valence-electron chi connectivity index (χ1n) is 6.27. The minimum Gasteiger partial charge on any atom is -0.465 e. The summed E-state index contributed by atoms with van der Waals surface area (Å²) in [5, 5.41) is 0. The SMILES string of the molecule is COC(=O)c1ccc(COC(=O)c2cc(N)cn2C)cc1. The van der Waals surface area contributed by atoms with Crippen molar-refractivity contribution in [2.24, 2.45) is 7.05 Å². The summed E-state index contributed by atoms with van der Waals surface area (Å²) in [5.74, 6) is -0.857. The number of benzene rings is 1. The van der Waals surface area contributed by atoms with Crippen LogP contribution in [0.2, 0.25) is 0 Å². The fourth-order valence-corrected chi connectivity index (χ4v) is 1.87. The summed E-state index contributed by atoms with van der Waals surface area (Å²) >= 11 is 0. The lowest BCUT2D eigenvalue weighted by Crippen LogP contribution is -2.09. The zero-order valence-corrected chi connectivity index (χ0v) is 11.8. The van der Waals surface area contributed by atoms with E-state index in [1.165, 1.54) is 7.11 Å². The smallest absolute Gasteiger partial charge is 0.355 e. The van der Waals surface area contributed by atoms with Crippen LogP contribution in [0.4, 0.5) is 5.69 Å². The number of nitrogens with zero attached hydrogens (tertiary/aromatic N) is 1. The van der Waals surface area contributed by atoms with Gasteiger partial charge in [-0.25, -0.2) is 9.59 Å². The number of rotatable bonds is 4. The number of carbonyl (C=O) groups excluding carboxylic acids is 2. The number of aryl methyl sites for hydroxylation is 1. The molecule has 0 bridgehead atoms. The zero-order chi connectivity index (χ0) is 15.4. The van der Waals surface area contributed by atoms with Crippen molar-refractivity contribution in [3.63, 3.8) is 0 Å². The Morgan fingerprint density at radius 2 is 1.86 bits per heavy atom. The van der Waals surface area contributed by atoms with Crippen LogP contribution in [0.15, 0.2) is 36.5 Å². The van der Waals surface area contributed by atoms with Crippen molar-refractivity contribution < 1.29 is 19.1 Å². The first-order chi connectivity index (χ1) is 10.0. The molecule has 21 heavy (non-hydrogen) atoms. The summed E-state index contributed by atoms with van der Waals surface area (Å²) in [4.78, 5) is 23.2. The van der Waals surface area contributed by atoms with E-state index in [0.717, 1.165) is 5.56 Å². The van der Waals surface area contributed by atoms with E-state index >= 15 is 0 Å². The number of methoxy groups -OCH3 is 1. The molecule has 0 fully saturated rings. The zero-order valence-electron chi connectivity index (χ0n) is 11.8. The number of carbonyl (C=O) groups is 2. The van der Waals surface area contributed by atoms with Crippen LogP contribution in [0, 0.1) is 0 Å². The highest BCUT2D eigenvalue weighted by Crippen LogP contribution is 2.12. The molecule has 0 saturated carbocycles. The minimum atomic E-state index is -0.453. The molecule has 6 nitrogen and oxygen atoms in total. The summed E-state index contributed by atoms with van der Waals surface area (Å²) in [7, 11) is 3.04. The third-order valence-corrected chi connectivity index (χ3v) is 2.98. The van der Waals surface area contributed by atoms with Gasteiger partial charge in [-0.3, -0.25) is 0 Å². The van der Waals surface area contributed by atoms with Crippen LogP contribution in [-0.2, 0) is 23.1 Å². The van der Waals surface area contributed by atoms with Gasteiger partial charge in [-0.05, 0) is 23.8 Å². The average molecular weight is 288 g/mol. The molecule has 0 aliphatic rings. The predicted molar refractivity (Wildman–Crippen MR) is 76.7 cm³/mol. The van der Waals surface area contributed by atoms with Crippen molar-refractivity contribution in [3.8, 4) is 0 Å². The van der Waals surface area contributed by atoms with Gasteiger partial charge < -0.3 is 19.8 Å². The monoisotopic (exact) mass is 288 g/mol. The Morgan fingerprint density at radius 3 is 2.38 bits per heavy atom. The molecule has 2 N–H and O–H groups in total. The molecule has 0 saturated heterocycles. The maximum absolute atomic E-state index is 11.9. The summed E-state index contributed by atoms with van der Waals surface area (Å²) in [6.07, 6.45) is 1.64. The summed E-state index contributed by atoms with van der Waals surface area (Å²) in [6, 6.07) is 8.21. The second-order valence-corrected chi connectivity index (χ2v) is 4.53. The molecule has 2 aromatic rings. The van der Waals surface area contributed by atoms with Gasteiger partial charge in [-0.15, -0.1) is 0 Å². The van der Waals surface area contributed by atoms with Gasteiger partial charge >= 0.3 is 11.9 Å². The summed E-state index contributed by atoms with van der Waals surface area (Å²) < 4.78 is 11.4. The molecule has 0 radical (unpaired) electrons. The molecule has 0 atom stereocenters. The van der Waals surface area contributed by atoms with Crippen LogP contribution in [0.3, 0.4) is 0 Å². The normalized spacial score (nSPS) is 10.2. The van der Waals surface area contributed by atoms with Crippen molar-refractivity contribution in [2.45, 2.75) is 6.61 Å². The van der Waals surface area contributed by atoms with Crippen molar-refractivity contribution >= 4 is 17.6 Å². The molecular weight excluding hydrogens is 272 g/mol. The number of ether oxygens (including phenoxy) is 2. The van der Waals surface area contributed by atoms with Gasteiger partial charge in [0.2, 0.25) is 0 Å². The molecule has 0 aliphatic heterocycles. The lowest BCUT2D eigenvalue weighted by molar-refractivity contribution is 0.0460. The third kappa shape index (κ3) is 3.42. The molecule has 1 heterocycles. The van der Waals surface area contributed by atoms with E-state index < -0.39 is 11.9 Å². The average Bonchev–Trinajstić information content (AvgIpc) is 2.83. The number of esters is 2. The Balaban J connectivity index is 1.98. The number of aromatic nitrogens is 1. The van der Waals surface area contributed by atoms with Gasteiger partial charge in [0, 0.05) is 13.2 Å². The van der Waals surface area contributed by atoms with Crippen molar-refractivity contribution in [3.05, 3.63) is 53.3 Å². The number of nitrogens with two attached hydrogens (primary N) is 1. The predicted octanol–water partition coefficient (Wildman–Crippen LogP) is 1.75. The number of hydrogen-bond donors (Lipinski definition) is 1. The van der Waals surface area contributed by atoms with Crippen LogP contribution in [0.1, 0.15) is 26.4 Å². The molecule has 1 aromatic carbocycles. The van der Waals surface area contributed by atoms with E-state index in [9.17, 15) is 9.59 Å². The molecule has 0 spiro atoms. The second-order valence-electron chi connectivity index (χ2n) is 4.53. The number of anilines is 1. The van der Waals surface area contributed by atoms with Crippen molar-refractivity contribution in [1.82, 2.24) is 4.57 Å². The molecule has 2 rings (SSSR count). The molecule has 0 aliphatic carbocycles. The number of hydrogen-bond acceptors (Lipinski definition) is 5. The fourth-order valence-electron chi connectivity index (χ4n) is 1.87. The highest BCUT2D eigenvalue weighted by atomic mass is 16.5. The Labute approximate surface area is 122 Å². The molecule has 1 aromatic heterocycles. The highest BCUT2D eigenvalue weighted by molar-refractivity contribution is 5.89. The summed E-state index contributed by atoms with van der Waals surface area (Å²) in [6.45, 7) is 0.116. The van der Waals surface area contributed by atoms with Gasteiger partial charge in [0.05, 0.1) is 18.4 Å². The van der Waals surface area contributed by atoms with Crippen LogP contribution >= 0.6 is 0 Å². The van der Waals surface area contributed by atoms with Crippen LogP contribution in [0.25, 0.3) is 0 Å². The van der Waals surface area contributed by atoms with Crippen molar-refractivity contribution in [1.29, 1.82) is 0 Å². The number of nitrogen functional groups attached to an aromatic ring is 1. The first-order valence-corrected chi connectivity index (χ1v) is 6.27. The van der Waals surface area contributed by atoms with Gasteiger partial charge in [0.15, 0.2) is 0 Å². The molecule has 0 amide bonds. The first kappa shape index (κ1) is 14.6. The van der Waals surface area contributed by atoms with Gasteiger partial charge in [-0.2, -0.15) is 0 Å². The largest absolute Gasteiger partial charge is 0.465 e. The lowest BCUT2D eigenvalue weighted by atomic mass is 10.1. The van der Waals surface area contributed by atoms with Crippen molar-refractivity contribution in [2.75, 3.05) is 12.8 Å². The van der Waals surface area contributed by atoms with Gasteiger partial charge in [0.25, 0.3) is 0 Å². The van der Waals surface area contributed by atoms with Gasteiger partial charge in [-0.1, -0.05) is 12.1 Å². The van der Waals surface area contributed by atoms with Crippen LogP contribution in [0.5, 0.6) is 0 Å². The molecule has 6 heteroatoms. The Morgan fingerprint density at radius 1 is 1.19 bits per heavy atom. The maximum atomic E-state index is 11.9. The van der Waals surface area contributed by atoms with E-state index in [0.29, 0.717) is 16.9 Å². The van der Waals surface area contributed by atoms with E-state index in [2.05, 4.69) is 4.74 Å². The topological polar surface area (TPSA) is 83.6 Å². The van der Waals surface area contributed by atoms with E-state index in [1.807, 2.05) is 0 Å². The maximum Gasteiger partial charge on any atom is 0.355 e. The second kappa shape index (κ2) is 6.13. The van der Waals surface area contributed by atoms with E-state index in [-0.39, 0.29) is 6.61 Å². The van der Waals surface area contributed by atoms with Gasteiger partial charge in [0.1, 0.15) is 12.3 Å².